The van der Waals surface area contributed by atoms with Gasteiger partial charge in [0.05, 0.1) is 4.90 Å². The van der Waals surface area contributed by atoms with Gasteiger partial charge >= 0.3 is 0 Å². The van der Waals surface area contributed by atoms with E-state index in [1.54, 1.807) is 10.6 Å². The van der Waals surface area contributed by atoms with Gasteiger partial charge in [-0.2, -0.15) is 0 Å². The van der Waals surface area contributed by atoms with E-state index in [-0.39, 0.29) is 22.6 Å². The van der Waals surface area contributed by atoms with Crippen molar-refractivity contribution in [1.82, 2.24) is 4.57 Å². The number of phenolic OH excluding ortho intramolecular Hbond substituents is 1. The van der Waals surface area contributed by atoms with Crippen LogP contribution in [-0.4, -0.2) is 19.9 Å². The second kappa shape index (κ2) is 7.70. The van der Waals surface area contributed by atoms with Crippen molar-refractivity contribution in [3.63, 3.8) is 0 Å². The second-order valence-corrected chi connectivity index (χ2v) is 10.3. The van der Waals surface area contributed by atoms with Crippen molar-refractivity contribution < 1.29 is 15.3 Å². The number of nitrogens with zero attached hydrogens (tertiary/aromatic N) is 1. The number of phenols is 1. The van der Waals surface area contributed by atoms with Crippen molar-refractivity contribution in [2.45, 2.75) is 88.5 Å². The number of benzene rings is 1. The van der Waals surface area contributed by atoms with Crippen LogP contribution >= 0.6 is 11.8 Å². The molecule has 0 fully saturated rings. The molecule has 0 amide bonds. The smallest absolute Gasteiger partial charge is 0.208 e. The summed E-state index contributed by atoms with van der Waals surface area (Å²) >= 11 is 1.41. The average molecular weight is 392 g/mol. The third-order valence-corrected chi connectivity index (χ3v) is 5.67. The molecule has 4 nitrogen and oxygen atoms in total. The second-order valence-electron chi connectivity index (χ2n) is 9.16. The number of unbranched alkanes of at least 4 members (excludes halogenated alkanes) is 1. The van der Waals surface area contributed by atoms with E-state index in [9.17, 15) is 15.3 Å². The minimum atomic E-state index is -0.210. The molecule has 0 aliphatic rings. The van der Waals surface area contributed by atoms with Crippen molar-refractivity contribution >= 4 is 11.8 Å². The summed E-state index contributed by atoms with van der Waals surface area (Å²) in [5.74, 6) is 0.509. The van der Waals surface area contributed by atoms with Gasteiger partial charge in [-0.3, -0.25) is 4.57 Å². The molecule has 1 aromatic heterocycles. The molecular weight excluding hydrogens is 358 g/mol. The van der Waals surface area contributed by atoms with Crippen molar-refractivity contribution in [2.24, 2.45) is 0 Å². The summed E-state index contributed by atoms with van der Waals surface area (Å²) in [5.41, 5.74) is 1.34. The lowest BCUT2D eigenvalue weighted by Crippen LogP contribution is -2.17. The molecule has 2 aromatic rings. The average Bonchev–Trinajstić information content (AvgIpc) is 2.78. The maximum absolute atomic E-state index is 10.8. The van der Waals surface area contributed by atoms with E-state index in [2.05, 4.69) is 48.5 Å². The van der Waals surface area contributed by atoms with Crippen molar-refractivity contribution in [1.29, 1.82) is 0 Å². The Morgan fingerprint density at radius 2 is 1.41 bits per heavy atom. The quantitative estimate of drug-likeness (QED) is 0.572. The monoisotopic (exact) mass is 391 g/mol. The number of aromatic nitrogens is 1. The molecule has 0 saturated heterocycles. The summed E-state index contributed by atoms with van der Waals surface area (Å²) in [6, 6.07) is 5.57. The number of hydrogen-bond acceptors (Lipinski definition) is 4. The predicted octanol–water partition coefficient (Wildman–Crippen LogP) is 6.15. The highest BCUT2D eigenvalue weighted by Gasteiger charge is 2.27. The normalized spacial score (nSPS) is 12.6. The van der Waals surface area contributed by atoms with Crippen LogP contribution in [0.2, 0.25) is 0 Å². The zero-order valence-electron chi connectivity index (χ0n) is 17.6. The largest absolute Gasteiger partial charge is 0.507 e. The van der Waals surface area contributed by atoms with Gasteiger partial charge in [-0.05, 0) is 29.4 Å². The van der Waals surface area contributed by atoms with Crippen LogP contribution < -0.4 is 0 Å². The highest BCUT2D eigenvalue weighted by molar-refractivity contribution is 7.99. The van der Waals surface area contributed by atoms with Gasteiger partial charge in [0.1, 0.15) is 5.75 Å². The fourth-order valence-electron chi connectivity index (χ4n) is 3.05. The number of rotatable bonds is 5. The van der Waals surface area contributed by atoms with Crippen LogP contribution in [0, 0.1) is 0 Å². The van der Waals surface area contributed by atoms with Gasteiger partial charge in [0.25, 0.3) is 0 Å². The SMILES string of the molecule is CCCCn1c(O)cc(Sc2cc(C(C)(C)C)c(O)c(C(C)(C)C)c2)c1O. The van der Waals surface area contributed by atoms with Crippen LogP contribution in [0.15, 0.2) is 28.0 Å². The van der Waals surface area contributed by atoms with Crippen molar-refractivity contribution in [3.05, 3.63) is 29.3 Å². The zero-order valence-corrected chi connectivity index (χ0v) is 18.4. The molecule has 27 heavy (non-hydrogen) atoms. The summed E-state index contributed by atoms with van der Waals surface area (Å²) < 4.78 is 1.54. The minimum Gasteiger partial charge on any atom is -0.507 e. The molecule has 150 valence electrons. The first-order valence-electron chi connectivity index (χ1n) is 9.53. The van der Waals surface area contributed by atoms with E-state index < -0.39 is 0 Å². The Morgan fingerprint density at radius 3 is 1.85 bits per heavy atom. The Balaban J connectivity index is 2.51. The lowest BCUT2D eigenvalue weighted by molar-refractivity contribution is 0.360. The first-order valence-corrected chi connectivity index (χ1v) is 10.3. The molecule has 0 aliphatic heterocycles. The van der Waals surface area contributed by atoms with Gasteiger partial charge in [0, 0.05) is 28.6 Å². The van der Waals surface area contributed by atoms with Crippen LogP contribution in [0.1, 0.15) is 72.4 Å². The van der Waals surface area contributed by atoms with E-state index in [1.807, 2.05) is 12.1 Å². The molecule has 0 atom stereocenters. The summed E-state index contributed by atoms with van der Waals surface area (Å²) in [6.07, 6.45) is 1.88. The number of aromatic hydroxyl groups is 3. The zero-order chi connectivity index (χ0) is 20.6. The Labute approximate surface area is 167 Å². The molecule has 0 aliphatic carbocycles. The fourth-order valence-corrected chi connectivity index (χ4v) is 4.02. The Kier molecular flexibility index (Phi) is 6.15. The molecule has 0 spiro atoms. The highest BCUT2D eigenvalue weighted by atomic mass is 32.2. The van der Waals surface area contributed by atoms with Crippen LogP contribution in [0.25, 0.3) is 0 Å². The molecule has 3 N–H and O–H groups in total. The topological polar surface area (TPSA) is 65.6 Å². The minimum absolute atomic E-state index is 0.0781. The predicted molar refractivity (Wildman–Crippen MR) is 112 cm³/mol. The van der Waals surface area contributed by atoms with Gasteiger partial charge in [0.2, 0.25) is 5.88 Å². The third kappa shape index (κ3) is 4.75. The molecule has 0 saturated carbocycles. The molecule has 0 unspecified atom stereocenters. The maximum Gasteiger partial charge on any atom is 0.208 e. The van der Waals surface area contributed by atoms with E-state index >= 15 is 0 Å². The first kappa shape index (κ1) is 21.5. The van der Waals surface area contributed by atoms with Crippen LogP contribution in [0.5, 0.6) is 17.5 Å². The van der Waals surface area contributed by atoms with E-state index in [1.165, 1.54) is 11.8 Å². The van der Waals surface area contributed by atoms with Gasteiger partial charge in [-0.1, -0.05) is 66.6 Å². The Morgan fingerprint density at radius 1 is 0.889 bits per heavy atom. The summed E-state index contributed by atoms with van der Waals surface area (Å²) in [6.45, 7) is 15.1. The van der Waals surface area contributed by atoms with Crippen molar-refractivity contribution in [3.8, 4) is 17.5 Å². The molecule has 0 radical (unpaired) electrons. The van der Waals surface area contributed by atoms with Gasteiger partial charge in [-0.25, -0.2) is 0 Å². The van der Waals surface area contributed by atoms with E-state index in [4.69, 9.17) is 0 Å². The molecule has 5 heteroatoms. The summed E-state index contributed by atoms with van der Waals surface area (Å²) in [5, 5.41) is 31.6. The van der Waals surface area contributed by atoms with Crippen LogP contribution in [0.4, 0.5) is 0 Å². The van der Waals surface area contributed by atoms with Crippen LogP contribution in [-0.2, 0) is 17.4 Å². The van der Waals surface area contributed by atoms with E-state index in [0.29, 0.717) is 17.2 Å². The van der Waals surface area contributed by atoms with Crippen molar-refractivity contribution in [2.75, 3.05) is 0 Å². The summed E-state index contributed by atoms with van der Waals surface area (Å²) in [7, 11) is 0. The lowest BCUT2D eigenvalue weighted by atomic mass is 9.79. The van der Waals surface area contributed by atoms with Gasteiger partial charge in [0.15, 0.2) is 5.88 Å². The maximum atomic E-state index is 10.8. The molecule has 1 heterocycles. The molecule has 1 aromatic carbocycles. The Hall–Kier alpha value is -1.75. The first-order chi connectivity index (χ1) is 12.4. The lowest BCUT2D eigenvalue weighted by Gasteiger charge is -2.28. The molecule has 0 bridgehead atoms. The fraction of sp³-hybridized carbons (Fsp3) is 0.545. The molecule has 2 rings (SSSR count). The van der Waals surface area contributed by atoms with E-state index in [0.717, 1.165) is 28.9 Å². The van der Waals surface area contributed by atoms with Gasteiger partial charge < -0.3 is 15.3 Å². The molecular formula is C22H33NO3S. The standard InChI is InChI=1S/C22H33NO3S/c1-8-9-10-23-18(24)13-17(20(23)26)27-14-11-15(21(2,3)4)19(25)16(12-14)22(5,6)7/h11-13,24-26H,8-10H2,1-7H3. The van der Waals surface area contributed by atoms with Crippen LogP contribution in [0.3, 0.4) is 0 Å². The third-order valence-electron chi connectivity index (χ3n) is 4.68. The number of hydrogen-bond donors (Lipinski definition) is 3. The summed E-state index contributed by atoms with van der Waals surface area (Å²) in [4.78, 5) is 1.56. The highest BCUT2D eigenvalue weighted by Crippen LogP contribution is 2.45. The van der Waals surface area contributed by atoms with Gasteiger partial charge in [-0.15, -0.1) is 0 Å². The Bertz CT molecular complexity index is 775.